The molecule has 2 N–H and O–H groups in total. The molecule has 152 valence electrons. The van der Waals surface area contributed by atoms with Gasteiger partial charge in [-0.2, -0.15) is 0 Å². The van der Waals surface area contributed by atoms with Gasteiger partial charge in [0.05, 0.1) is 0 Å². The second-order valence-electron chi connectivity index (χ2n) is 8.57. The van der Waals surface area contributed by atoms with Crippen molar-refractivity contribution in [2.24, 2.45) is 5.92 Å². The number of hydrogen-bond acceptors (Lipinski definition) is 2. The first-order valence-corrected chi connectivity index (χ1v) is 10.9. The Morgan fingerprint density at radius 3 is 2.24 bits per heavy atom. The molecule has 2 amide bonds. The quantitative estimate of drug-likeness (QED) is 0.740. The summed E-state index contributed by atoms with van der Waals surface area (Å²) in [7, 11) is 0. The van der Waals surface area contributed by atoms with Crippen LogP contribution in [0.15, 0.2) is 42.5 Å². The maximum atomic E-state index is 12.5. The Hall–Kier alpha value is -2.62. The number of benzene rings is 2. The summed E-state index contributed by atoms with van der Waals surface area (Å²) in [4.78, 5) is 24.9. The van der Waals surface area contributed by atoms with E-state index in [9.17, 15) is 9.59 Å². The van der Waals surface area contributed by atoms with Gasteiger partial charge < -0.3 is 10.6 Å². The van der Waals surface area contributed by atoms with E-state index in [0.29, 0.717) is 23.1 Å². The number of aryl methyl sites for hydroxylation is 1. The van der Waals surface area contributed by atoms with Crippen molar-refractivity contribution in [1.29, 1.82) is 0 Å². The Balaban J connectivity index is 1.42. The molecular weight excluding hydrogens is 360 g/mol. The summed E-state index contributed by atoms with van der Waals surface area (Å²) in [6.45, 7) is 2.82. The normalized spacial score (nSPS) is 17.0. The molecule has 2 aliphatic rings. The minimum atomic E-state index is -0.00698. The van der Waals surface area contributed by atoms with Gasteiger partial charge in [0, 0.05) is 23.7 Å². The Labute approximate surface area is 173 Å². The molecule has 29 heavy (non-hydrogen) atoms. The molecular formula is C25H30N2O2. The van der Waals surface area contributed by atoms with E-state index < -0.39 is 0 Å². The highest BCUT2D eigenvalue weighted by molar-refractivity contribution is 5.97. The standard InChI is InChI=1S/C25H30N2O2/c1-17-7-8-21(25(29)27-22-13-14-22)15-23(17)19-9-11-20(12-10-19)24(28)26-16-18-5-3-2-4-6-18/h7-12,15,18,22H,2-6,13-14,16H2,1H3,(H,26,28)(H,27,29). The Bertz CT molecular complexity index is 878. The third kappa shape index (κ3) is 5.06. The molecule has 2 aromatic rings. The molecule has 0 radical (unpaired) electrons. The molecule has 2 aromatic carbocycles. The molecule has 0 spiro atoms. The number of carbonyl (C=O) groups excluding carboxylic acids is 2. The predicted octanol–water partition coefficient (Wildman–Crippen LogP) is 4.86. The van der Waals surface area contributed by atoms with Gasteiger partial charge in [-0.05, 0) is 79.5 Å². The lowest BCUT2D eigenvalue weighted by Gasteiger charge is -2.21. The first kappa shape index (κ1) is 19.7. The molecule has 0 aliphatic heterocycles. The highest BCUT2D eigenvalue weighted by Crippen LogP contribution is 2.26. The van der Waals surface area contributed by atoms with Crippen molar-refractivity contribution in [3.8, 4) is 11.1 Å². The Kier molecular flexibility index (Phi) is 5.98. The maximum Gasteiger partial charge on any atom is 0.251 e. The second-order valence-corrected chi connectivity index (χ2v) is 8.57. The van der Waals surface area contributed by atoms with E-state index in [1.165, 1.54) is 32.1 Å². The maximum absolute atomic E-state index is 12.5. The third-order valence-electron chi connectivity index (χ3n) is 6.15. The van der Waals surface area contributed by atoms with Crippen LogP contribution in [0.1, 0.15) is 71.2 Å². The molecule has 4 rings (SSSR count). The third-order valence-corrected chi connectivity index (χ3v) is 6.15. The van der Waals surface area contributed by atoms with E-state index in [4.69, 9.17) is 0 Å². The number of hydrogen-bond donors (Lipinski definition) is 2. The van der Waals surface area contributed by atoms with Gasteiger partial charge in [-0.3, -0.25) is 9.59 Å². The van der Waals surface area contributed by atoms with Crippen molar-refractivity contribution in [3.05, 3.63) is 59.2 Å². The van der Waals surface area contributed by atoms with Crippen LogP contribution in [0.3, 0.4) is 0 Å². The first-order valence-electron chi connectivity index (χ1n) is 10.9. The van der Waals surface area contributed by atoms with Crippen LogP contribution < -0.4 is 10.6 Å². The molecule has 0 heterocycles. The Morgan fingerprint density at radius 1 is 0.862 bits per heavy atom. The van der Waals surface area contributed by atoms with Crippen molar-refractivity contribution in [2.75, 3.05) is 6.54 Å². The molecule has 0 saturated heterocycles. The lowest BCUT2D eigenvalue weighted by Crippen LogP contribution is -2.30. The van der Waals surface area contributed by atoms with Crippen LogP contribution >= 0.6 is 0 Å². The number of rotatable bonds is 6. The van der Waals surface area contributed by atoms with Crippen LogP contribution in [0.5, 0.6) is 0 Å². The summed E-state index contributed by atoms with van der Waals surface area (Å²) < 4.78 is 0. The van der Waals surface area contributed by atoms with Crippen LogP contribution in [0.2, 0.25) is 0 Å². The molecule has 2 saturated carbocycles. The number of carbonyl (C=O) groups is 2. The van der Waals surface area contributed by atoms with Gasteiger partial charge in [0.15, 0.2) is 0 Å². The smallest absolute Gasteiger partial charge is 0.251 e. The van der Waals surface area contributed by atoms with Crippen molar-refractivity contribution < 1.29 is 9.59 Å². The van der Waals surface area contributed by atoms with E-state index in [-0.39, 0.29) is 11.8 Å². The zero-order valence-electron chi connectivity index (χ0n) is 17.2. The van der Waals surface area contributed by atoms with Crippen LogP contribution in [0, 0.1) is 12.8 Å². The zero-order valence-corrected chi connectivity index (χ0v) is 17.2. The molecule has 2 fully saturated rings. The van der Waals surface area contributed by atoms with E-state index in [0.717, 1.165) is 36.1 Å². The van der Waals surface area contributed by atoms with Gasteiger partial charge in [0.25, 0.3) is 11.8 Å². The number of nitrogens with one attached hydrogen (secondary N) is 2. The summed E-state index contributed by atoms with van der Waals surface area (Å²) >= 11 is 0. The zero-order chi connectivity index (χ0) is 20.2. The van der Waals surface area contributed by atoms with E-state index >= 15 is 0 Å². The van der Waals surface area contributed by atoms with E-state index in [2.05, 4.69) is 10.6 Å². The lowest BCUT2D eigenvalue weighted by molar-refractivity contribution is 0.0938. The van der Waals surface area contributed by atoms with Gasteiger partial charge in [-0.25, -0.2) is 0 Å². The fraction of sp³-hybridized carbons (Fsp3) is 0.440. The predicted molar refractivity (Wildman–Crippen MR) is 116 cm³/mol. The average Bonchev–Trinajstić information content (AvgIpc) is 3.57. The summed E-state index contributed by atoms with van der Waals surface area (Å²) in [5.74, 6) is 0.614. The van der Waals surface area contributed by atoms with E-state index in [1.807, 2.05) is 49.4 Å². The minimum Gasteiger partial charge on any atom is -0.352 e. The van der Waals surface area contributed by atoms with Crippen molar-refractivity contribution in [1.82, 2.24) is 10.6 Å². The fourth-order valence-corrected chi connectivity index (χ4v) is 4.10. The summed E-state index contributed by atoms with van der Waals surface area (Å²) in [6.07, 6.45) is 8.50. The molecule has 2 aliphatic carbocycles. The van der Waals surface area contributed by atoms with E-state index in [1.54, 1.807) is 0 Å². The molecule has 4 heteroatoms. The van der Waals surface area contributed by atoms with Gasteiger partial charge >= 0.3 is 0 Å². The average molecular weight is 391 g/mol. The summed E-state index contributed by atoms with van der Waals surface area (Å²) in [6, 6.07) is 13.9. The first-order chi connectivity index (χ1) is 14.1. The van der Waals surface area contributed by atoms with Crippen molar-refractivity contribution in [2.45, 2.75) is 57.9 Å². The fourth-order valence-electron chi connectivity index (χ4n) is 4.10. The monoisotopic (exact) mass is 390 g/mol. The minimum absolute atomic E-state index is 0.00333. The van der Waals surface area contributed by atoms with Crippen molar-refractivity contribution >= 4 is 11.8 Å². The van der Waals surface area contributed by atoms with Crippen LogP contribution in [-0.4, -0.2) is 24.4 Å². The largest absolute Gasteiger partial charge is 0.352 e. The summed E-state index contributed by atoms with van der Waals surface area (Å²) in [5.41, 5.74) is 4.54. The van der Waals surface area contributed by atoms with Crippen LogP contribution in [0.25, 0.3) is 11.1 Å². The van der Waals surface area contributed by atoms with Gasteiger partial charge in [0.2, 0.25) is 0 Å². The molecule has 0 aromatic heterocycles. The van der Waals surface area contributed by atoms with Gasteiger partial charge in [0.1, 0.15) is 0 Å². The lowest BCUT2D eigenvalue weighted by atomic mass is 9.89. The molecule has 0 atom stereocenters. The van der Waals surface area contributed by atoms with Crippen molar-refractivity contribution in [3.63, 3.8) is 0 Å². The summed E-state index contributed by atoms with van der Waals surface area (Å²) in [5, 5.41) is 6.14. The highest BCUT2D eigenvalue weighted by Gasteiger charge is 2.24. The highest BCUT2D eigenvalue weighted by atomic mass is 16.2. The number of amides is 2. The van der Waals surface area contributed by atoms with Crippen LogP contribution in [0.4, 0.5) is 0 Å². The Morgan fingerprint density at radius 2 is 1.55 bits per heavy atom. The molecule has 0 unspecified atom stereocenters. The topological polar surface area (TPSA) is 58.2 Å². The molecule has 0 bridgehead atoms. The molecule has 4 nitrogen and oxygen atoms in total. The van der Waals surface area contributed by atoms with Gasteiger partial charge in [-0.15, -0.1) is 0 Å². The van der Waals surface area contributed by atoms with Crippen LogP contribution in [-0.2, 0) is 0 Å². The SMILES string of the molecule is Cc1ccc(C(=O)NC2CC2)cc1-c1ccc(C(=O)NCC2CCCCC2)cc1. The second kappa shape index (κ2) is 8.81. The van der Waals surface area contributed by atoms with Gasteiger partial charge in [-0.1, -0.05) is 37.5 Å².